The standard InChI is InChI=1S/C21H23N7O2/c1-26-18(20(30)27-9-5-10-27)15(12-22-26)19(29)24-17-8-11-28-13-16(23-21(28)25-17)14-6-3-2-4-7-14/h2-4,6-8,11,16,22H,5,9-10,12-13H2,1H3,(H,23,24,25,29)/p+1. The quantitative estimate of drug-likeness (QED) is 0.637. The number of rotatable bonds is 4. The van der Waals surface area contributed by atoms with Gasteiger partial charge in [-0.05, 0) is 12.0 Å². The van der Waals surface area contributed by atoms with Gasteiger partial charge in [-0.3, -0.25) is 20.2 Å². The summed E-state index contributed by atoms with van der Waals surface area (Å²) >= 11 is 0. The van der Waals surface area contributed by atoms with Crippen molar-refractivity contribution >= 4 is 23.6 Å². The van der Waals surface area contributed by atoms with Crippen LogP contribution in [0.25, 0.3) is 0 Å². The maximum atomic E-state index is 12.9. The number of hydrogen-bond acceptors (Lipinski definition) is 6. The molecular weight excluding hydrogens is 382 g/mol. The molecule has 1 aromatic heterocycles. The van der Waals surface area contributed by atoms with Gasteiger partial charge in [0.05, 0.1) is 11.8 Å². The molecule has 3 aliphatic heterocycles. The van der Waals surface area contributed by atoms with E-state index in [-0.39, 0.29) is 17.9 Å². The zero-order valence-corrected chi connectivity index (χ0v) is 16.8. The number of carbonyl (C=O) groups is 2. The van der Waals surface area contributed by atoms with Crippen LogP contribution in [0.5, 0.6) is 0 Å². The number of nitrogens with zero attached hydrogens (tertiary/aromatic N) is 4. The number of fused-ring (bicyclic) bond motifs is 1. The average molecular weight is 406 g/mol. The molecule has 9 heteroatoms. The Bertz CT molecular complexity index is 1030. The molecule has 2 amide bonds. The van der Waals surface area contributed by atoms with Gasteiger partial charge in [0.2, 0.25) is 5.82 Å². The normalized spacial score (nSPS) is 20.0. The van der Waals surface area contributed by atoms with E-state index in [4.69, 9.17) is 0 Å². The van der Waals surface area contributed by atoms with E-state index in [1.165, 1.54) is 5.56 Å². The number of aromatic nitrogens is 2. The summed E-state index contributed by atoms with van der Waals surface area (Å²) in [6.45, 7) is 2.56. The molecule has 154 valence electrons. The van der Waals surface area contributed by atoms with Crippen LogP contribution in [0.4, 0.5) is 11.8 Å². The number of carbonyl (C=O) groups excluding carboxylic acids is 2. The van der Waals surface area contributed by atoms with Crippen molar-refractivity contribution in [3.8, 4) is 0 Å². The van der Waals surface area contributed by atoms with E-state index in [0.717, 1.165) is 26.1 Å². The molecule has 0 saturated carbocycles. The van der Waals surface area contributed by atoms with Crippen molar-refractivity contribution in [3.05, 3.63) is 59.4 Å². The van der Waals surface area contributed by atoms with E-state index in [1.807, 2.05) is 29.0 Å². The molecule has 30 heavy (non-hydrogen) atoms. The number of amides is 2. The third-order valence-corrected chi connectivity index (χ3v) is 5.77. The molecular formula is C21H24N7O2+. The summed E-state index contributed by atoms with van der Waals surface area (Å²) in [7, 11) is 1.76. The van der Waals surface area contributed by atoms with Gasteiger partial charge in [-0.2, -0.15) is 0 Å². The Balaban J connectivity index is 1.33. The second kappa shape index (κ2) is 7.42. The second-order valence-corrected chi connectivity index (χ2v) is 7.72. The Labute approximate surface area is 174 Å². The van der Waals surface area contributed by atoms with Crippen LogP contribution in [-0.2, 0) is 16.1 Å². The lowest BCUT2D eigenvalue weighted by Crippen LogP contribution is -2.46. The fourth-order valence-corrected chi connectivity index (χ4v) is 3.94. The number of likely N-dealkylation sites (N-methyl/N-ethyl adjacent to an activating group) is 1. The van der Waals surface area contributed by atoms with Gasteiger partial charge in [0.15, 0.2) is 0 Å². The number of nitrogens with one attached hydrogen (secondary N) is 3. The first kappa shape index (κ1) is 18.6. The minimum atomic E-state index is -0.314. The van der Waals surface area contributed by atoms with Gasteiger partial charge in [-0.15, -0.1) is 0 Å². The maximum Gasteiger partial charge on any atom is 0.394 e. The monoisotopic (exact) mass is 406 g/mol. The molecule has 3 aliphatic rings. The molecule has 0 aliphatic carbocycles. The number of anilines is 2. The average Bonchev–Trinajstić information content (AvgIpc) is 3.30. The van der Waals surface area contributed by atoms with E-state index in [2.05, 4.69) is 33.2 Å². The van der Waals surface area contributed by atoms with E-state index in [1.54, 1.807) is 23.0 Å². The highest BCUT2D eigenvalue weighted by atomic mass is 16.2. The summed E-state index contributed by atoms with van der Waals surface area (Å²) < 4.78 is 2.02. The lowest BCUT2D eigenvalue weighted by Gasteiger charge is -2.32. The summed E-state index contributed by atoms with van der Waals surface area (Å²) in [6, 6.07) is 12.1. The lowest BCUT2D eigenvalue weighted by atomic mass is 10.1. The van der Waals surface area contributed by atoms with Crippen molar-refractivity contribution < 1.29 is 14.2 Å². The van der Waals surface area contributed by atoms with E-state index < -0.39 is 0 Å². The first-order chi connectivity index (χ1) is 14.6. The lowest BCUT2D eigenvalue weighted by molar-refractivity contribution is -0.676. The molecule has 5 rings (SSSR count). The first-order valence-corrected chi connectivity index (χ1v) is 10.1. The van der Waals surface area contributed by atoms with Crippen LogP contribution in [-0.4, -0.2) is 53.4 Å². The highest BCUT2D eigenvalue weighted by Gasteiger charge is 2.35. The van der Waals surface area contributed by atoms with Gasteiger partial charge >= 0.3 is 5.95 Å². The third kappa shape index (κ3) is 3.26. The van der Waals surface area contributed by atoms with Crippen LogP contribution in [0.1, 0.15) is 18.0 Å². The SMILES string of the molecule is CN1NCC(C(=O)Nc2cc[n+]3c(n2)NC(c2ccccc2)C3)=C1C(=O)N1CCC1. The molecule has 1 atom stereocenters. The molecule has 4 heterocycles. The van der Waals surface area contributed by atoms with Gasteiger partial charge < -0.3 is 9.91 Å². The van der Waals surface area contributed by atoms with Crippen LogP contribution in [0.15, 0.2) is 53.9 Å². The molecule has 0 bridgehead atoms. The smallest absolute Gasteiger partial charge is 0.337 e. The van der Waals surface area contributed by atoms with Crippen LogP contribution in [0, 0.1) is 0 Å². The summed E-state index contributed by atoms with van der Waals surface area (Å²) in [5, 5.41) is 7.89. The van der Waals surface area contributed by atoms with E-state index in [9.17, 15) is 9.59 Å². The highest BCUT2D eigenvalue weighted by molar-refractivity contribution is 6.10. The minimum absolute atomic E-state index is 0.108. The number of hydrogen-bond donors (Lipinski definition) is 3. The first-order valence-electron chi connectivity index (χ1n) is 10.1. The topological polar surface area (TPSA) is 93.5 Å². The van der Waals surface area contributed by atoms with Gasteiger partial charge in [0, 0.05) is 32.7 Å². The highest BCUT2D eigenvalue weighted by Crippen LogP contribution is 2.24. The Hall–Kier alpha value is -3.46. The van der Waals surface area contributed by atoms with Crippen molar-refractivity contribution in [1.82, 2.24) is 20.3 Å². The molecule has 2 aromatic rings. The van der Waals surface area contributed by atoms with Crippen molar-refractivity contribution in [2.45, 2.75) is 19.0 Å². The molecule has 9 nitrogen and oxygen atoms in total. The Morgan fingerprint density at radius 3 is 2.73 bits per heavy atom. The van der Waals surface area contributed by atoms with Crippen molar-refractivity contribution in [2.24, 2.45) is 0 Å². The van der Waals surface area contributed by atoms with Crippen molar-refractivity contribution in [1.29, 1.82) is 0 Å². The number of likely N-dealkylation sites (tertiary alicyclic amines) is 1. The zero-order chi connectivity index (χ0) is 20.7. The van der Waals surface area contributed by atoms with Crippen molar-refractivity contribution in [2.75, 3.05) is 37.3 Å². The zero-order valence-electron chi connectivity index (χ0n) is 16.8. The van der Waals surface area contributed by atoms with Crippen LogP contribution in [0.2, 0.25) is 0 Å². The predicted molar refractivity (Wildman–Crippen MR) is 110 cm³/mol. The van der Waals surface area contributed by atoms with Crippen LogP contribution in [0.3, 0.4) is 0 Å². The number of hydrazine groups is 1. The van der Waals surface area contributed by atoms with Gasteiger partial charge in [-0.1, -0.05) is 35.3 Å². The molecule has 1 aromatic carbocycles. The van der Waals surface area contributed by atoms with Gasteiger partial charge in [-0.25, -0.2) is 9.99 Å². The fourth-order valence-electron chi connectivity index (χ4n) is 3.94. The largest absolute Gasteiger partial charge is 0.394 e. The predicted octanol–water partition coefficient (Wildman–Crippen LogP) is 0.411. The molecule has 1 saturated heterocycles. The van der Waals surface area contributed by atoms with E-state index in [0.29, 0.717) is 29.6 Å². The Morgan fingerprint density at radius 2 is 2.00 bits per heavy atom. The molecule has 0 radical (unpaired) electrons. The van der Waals surface area contributed by atoms with Gasteiger partial charge in [0.1, 0.15) is 18.3 Å². The second-order valence-electron chi connectivity index (χ2n) is 7.72. The number of benzene rings is 1. The molecule has 1 fully saturated rings. The van der Waals surface area contributed by atoms with Crippen molar-refractivity contribution in [3.63, 3.8) is 0 Å². The summed E-state index contributed by atoms with van der Waals surface area (Å²) in [5.41, 5.74) is 5.08. The van der Waals surface area contributed by atoms with Gasteiger partial charge in [0.25, 0.3) is 11.8 Å². The minimum Gasteiger partial charge on any atom is -0.337 e. The molecule has 3 N–H and O–H groups in total. The molecule has 1 unspecified atom stereocenters. The molecule has 0 spiro atoms. The summed E-state index contributed by atoms with van der Waals surface area (Å²) in [4.78, 5) is 31.9. The Morgan fingerprint density at radius 1 is 1.20 bits per heavy atom. The Kier molecular flexibility index (Phi) is 4.59. The summed E-state index contributed by atoms with van der Waals surface area (Å²) in [5.74, 6) is 0.731. The third-order valence-electron chi connectivity index (χ3n) is 5.77. The fraction of sp³-hybridized carbons (Fsp3) is 0.333. The summed E-state index contributed by atoms with van der Waals surface area (Å²) in [6.07, 6.45) is 2.92. The van der Waals surface area contributed by atoms with Crippen LogP contribution >= 0.6 is 0 Å². The van der Waals surface area contributed by atoms with E-state index >= 15 is 0 Å². The van der Waals surface area contributed by atoms with Crippen LogP contribution < -0.4 is 20.6 Å². The maximum absolute atomic E-state index is 12.9.